The number of nitrogens with one attached hydrogen (secondary N) is 1. The molecule has 0 aliphatic rings. The van der Waals surface area contributed by atoms with Crippen molar-refractivity contribution in [3.63, 3.8) is 0 Å². The third-order valence-corrected chi connectivity index (χ3v) is 1.16. The zero-order chi connectivity index (χ0) is 9.90. The highest BCUT2D eigenvalue weighted by molar-refractivity contribution is 5.38. The zero-order valence-electron chi connectivity index (χ0n) is 6.47. The SMILES string of the molecule is Nc1ccc(NCC(F)(F)F)nn1. The number of aromatic nitrogens is 2. The number of halogens is 3. The molecule has 13 heavy (non-hydrogen) atoms. The number of hydrogen-bond acceptors (Lipinski definition) is 4. The molecule has 0 saturated heterocycles. The third-order valence-electron chi connectivity index (χ3n) is 1.16. The molecular weight excluding hydrogens is 185 g/mol. The van der Waals surface area contributed by atoms with Gasteiger partial charge in [0.25, 0.3) is 0 Å². The van der Waals surface area contributed by atoms with Crippen LogP contribution in [0.15, 0.2) is 12.1 Å². The molecule has 1 aromatic rings. The maximum Gasteiger partial charge on any atom is 0.405 e. The molecule has 3 N–H and O–H groups in total. The Bertz CT molecular complexity index is 268. The van der Waals surface area contributed by atoms with E-state index in [2.05, 4.69) is 15.5 Å². The molecule has 0 aromatic carbocycles. The van der Waals surface area contributed by atoms with Gasteiger partial charge in [0.1, 0.15) is 18.2 Å². The Balaban J connectivity index is 2.51. The van der Waals surface area contributed by atoms with E-state index in [-0.39, 0.29) is 11.6 Å². The van der Waals surface area contributed by atoms with Crippen LogP contribution in [-0.2, 0) is 0 Å². The Kier molecular flexibility index (Phi) is 2.54. The van der Waals surface area contributed by atoms with Crippen LogP contribution in [-0.4, -0.2) is 22.9 Å². The molecule has 7 heteroatoms. The zero-order valence-corrected chi connectivity index (χ0v) is 6.47. The number of nitrogens with zero attached hydrogens (tertiary/aromatic N) is 2. The lowest BCUT2D eigenvalue weighted by atomic mass is 10.5. The van der Waals surface area contributed by atoms with Crippen molar-refractivity contribution in [1.29, 1.82) is 0 Å². The van der Waals surface area contributed by atoms with Gasteiger partial charge in [0.05, 0.1) is 0 Å². The molecular formula is C6H7F3N4. The van der Waals surface area contributed by atoms with Gasteiger partial charge in [0, 0.05) is 0 Å². The highest BCUT2D eigenvalue weighted by Crippen LogP contribution is 2.15. The molecule has 0 unspecified atom stereocenters. The van der Waals surface area contributed by atoms with Crippen molar-refractivity contribution in [2.75, 3.05) is 17.6 Å². The van der Waals surface area contributed by atoms with Crippen LogP contribution < -0.4 is 11.1 Å². The lowest BCUT2D eigenvalue weighted by molar-refractivity contribution is -0.115. The lowest BCUT2D eigenvalue weighted by Gasteiger charge is -2.07. The summed E-state index contributed by atoms with van der Waals surface area (Å²) in [6.07, 6.45) is -4.26. The summed E-state index contributed by atoms with van der Waals surface area (Å²) in [7, 11) is 0. The Morgan fingerprint density at radius 2 is 2.00 bits per heavy atom. The average Bonchev–Trinajstić information content (AvgIpc) is 2.02. The van der Waals surface area contributed by atoms with Gasteiger partial charge in [-0.2, -0.15) is 13.2 Å². The van der Waals surface area contributed by atoms with E-state index in [1.807, 2.05) is 0 Å². The monoisotopic (exact) mass is 192 g/mol. The smallest absolute Gasteiger partial charge is 0.382 e. The van der Waals surface area contributed by atoms with E-state index in [0.717, 1.165) is 0 Å². The van der Waals surface area contributed by atoms with Crippen LogP contribution in [0.2, 0.25) is 0 Å². The van der Waals surface area contributed by atoms with Gasteiger partial charge in [-0.25, -0.2) is 0 Å². The fourth-order valence-electron chi connectivity index (χ4n) is 0.628. The van der Waals surface area contributed by atoms with Crippen molar-refractivity contribution in [3.8, 4) is 0 Å². The van der Waals surface area contributed by atoms with Crippen LogP contribution in [0, 0.1) is 0 Å². The fourth-order valence-corrected chi connectivity index (χ4v) is 0.628. The number of alkyl halides is 3. The number of hydrogen-bond donors (Lipinski definition) is 2. The molecule has 0 fully saturated rings. The summed E-state index contributed by atoms with van der Waals surface area (Å²) in [5, 5.41) is 8.83. The van der Waals surface area contributed by atoms with Crippen LogP contribution in [0.1, 0.15) is 0 Å². The molecule has 4 nitrogen and oxygen atoms in total. The lowest BCUT2D eigenvalue weighted by Crippen LogP contribution is -2.21. The molecule has 1 rings (SSSR count). The number of rotatable bonds is 2. The van der Waals surface area contributed by atoms with Crippen molar-refractivity contribution in [2.24, 2.45) is 0 Å². The second-order valence-electron chi connectivity index (χ2n) is 2.31. The minimum atomic E-state index is -4.26. The van der Waals surface area contributed by atoms with E-state index >= 15 is 0 Å². The highest BCUT2D eigenvalue weighted by atomic mass is 19.4. The molecule has 0 aliphatic heterocycles. The van der Waals surface area contributed by atoms with Crippen LogP contribution >= 0.6 is 0 Å². The first-order valence-corrected chi connectivity index (χ1v) is 3.37. The second kappa shape index (κ2) is 3.46. The van der Waals surface area contributed by atoms with Gasteiger partial charge in [-0.1, -0.05) is 0 Å². The Hall–Kier alpha value is -1.53. The normalized spacial score (nSPS) is 11.3. The van der Waals surface area contributed by atoms with Gasteiger partial charge in [0.15, 0.2) is 0 Å². The van der Waals surface area contributed by atoms with E-state index < -0.39 is 12.7 Å². The number of nitrogens with two attached hydrogens (primary N) is 1. The van der Waals surface area contributed by atoms with Crippen molar-refractivity contribution in [1.82, 2.24) is 10.2 Å². The van der Waals surface area contributed by atoms with E-state index in [4.69, 9.17) is 5.73 Å². The van der Waals surface area contributed by atoms with Crippen molar-refractivity contribution in [3.05, 3.63) is 12.1 Å². The first-order chi connectivity index (χ1) is 5.97. The second-order valence-corrected chi connectivity index (χ2v) is 2.31. The molecule has 0 spiro atoms. The largest absolute Gasteiger partial charge is 0.405 e. The highest BCUT2D eigenvalue weighted by Gasteiger charge is 2.26. The quantitative estimate of drug-likeness (QED) is 0.734. The molecule has 0 aliphatic carbocycles. The molecule has 0 amide bonds. The van der Waals surface area contributed by atoms with Crippen LogP contribution in [0.3, 0.4) is 0 Å². The van der Waals surface area contributed by atoms with E-state index in [1.54, 1.807) is 0 Å². The summed E-state index contributed by atoms with van der Waals surface area (Å²) in [4.78, 5) is 0. The minimum Gasteiger partial charge on any atom is -0.382 e. The van der Waals surface area contributed by atoms with Crippen LogP contribution in [0.25, 0.3) is 0 Å². The number of nitrogen functional groups attached to an aromatic ring is 1. The first-order valence-electron chi connectivity index (χ1n) is 3.37. The molecule has 0 bridgehead atoms. The van der Waals surface area contributed by atoms with Gasteiger partial charge in [-0.15, -0.1) is 10.2 Å². The van der Waals surface area contributed by atoms with Gasteiger partial charge >= 0.3 is 6.18 Å². The summed E-state index contributed by atoms with van der Waals surface area (Å²) in [5.41, 5.74) is 5.19. The minimum absolute atomic E-state index is 0.0477. The number of anilines is 2. The molecule has 1 heterocycles. The molecule has 1 aromatic heterocycles. The summed E-state index contributed by atoms with van der Waals surface area (Å²) < 4.78 is 35.1. The van der Waals surface area contributed by atoms with Crippen molar-refractivity contribution >= 4 is 11.6 Å². The van der Waals surface area contributed by atoms with Gasteiger partial charge in [-0.3, -0.25) is 0 Å². The van der Waals surface area contributed by atoms with E-state index in [0.29, 0.717) is 0 Å². The molecule has 0 saturated carbocycles. The maximum atomic E-state index is 11.7. The Labute approximate surface area is 72.0 Å². The Morgan fingerprint density at radius 3 is 2.46 bits per heavy atom. The fraction of sp³-hybridized carbons (Fsp3) is 0.333. The predicted octanol–water partition coefficient (Wildman–Crippen LogP) is 1.03. The van der Waals surface area contributed by atoms with Crippen molar-refractivity contribution < 1.29 is 13.2 Å². The summed E-state index contributed by atoms with van der Waals surface area (Å²) >= 11 is 0. The van der Waals surface area contributed by atoms with Gasteiger partial charge in [0.2, 0.25) is 0 Å². The summed E-state index contributed by atoms with van der Waals surface area (Å²) in [6, 6.07) is 2.69. The molecule has 0 radical (unpaired) electrons. The van der Waals surface area contributed by atoms with Crippen molar-refractivity contribution in [2.45, 2.75) is 6.18 Å². The first kappa shape index (κ1) is 9.56. The maximum absolute atomic E-state index is 11.7. The topological polar surface area (TPSA) is 63.8 Å². The molecule has 72 valence electrons. The molecule has 0 atom stereocenters. The third kappa shape index (κ3) is 3.59. The van der Waals surface area contributed by atoms with Gasteiger partial charge in [-0.05, 0) is 12.1 Å². The van der Waals surface area contributed by atoms with Crippen LogP contribution in [0.4, 0.5) is 24.8 Å². The van der Waals surface area contributed by atoms with Crippen LogP contribution in [0.5, 0.6) is 0 Å². The van der Waals surface area contributed by atoms with E-state index in [9.17, 15) is 13.2 Å². The standard InChI is InChI=1S/C6H7F3N4/c7-6(8,9)3-11-5-2-1-4(10)12-13-5/h1-2H,3H2,(H2,10,12)(H,11,13). The predicted molar refractivity (Wildman–Crippen MR) is 41.0 cm³/mol. The van der Waals surface area contributed by atoms with Gasteiger partial charge < -0.3 is 11.1 Å². The average molecular weight is 192 g/mol. The summed E-state index contributed by atoms with van der Waals surface area (Å²) in [6.45, 7) is -1.13. The Morgan fingerprint density at radius 1 is 1.31 bits per heavy atom. The van der Waals surface area contributed by atoms with E-state index in [1.165, 1.54) is 12.1 Å². The summed E-state index contributed by atoms with van der Waals surface area (Å²) in [5.74, 6) is 0.212.